The monoisotopic (exact) mass is 250 g/mol. The molecule has 0 unspecified atom stereocenters. The lowest BCUT2D eigenvalue weighted by molar-refractivity contribution is -0.0139. The molecule has 0 aliphatic heterocycles. The number of hydrogen-bond donors (Lipinski definition) is 2. The summed E-state index contributed by atoms with van der Waals surface area (Å²) in [6, 6.07) is 4.21. The third kappa shape index (κ3) is 2.65. The Kier molecular flexibility index (Phi) is 4.19. The van der Waals surface area contributed by atoms with E-state index in [0.29, 0.717) is 17.5 Å². The number of pyridine rings is 1. The number of methoxy groups -OCH3 is 1. The van der Waals surface area contributed by atoms with E-state index in [4.69, 9.17) is 4.74 Å². The number of aliphatic hydroxyl groups is 1. The Morgan fingerprint density at radius 3 is 2.83 bits per heavy atom. The molecule has 1 fully saturated rings. The third-order valence-corrected chi connectivity index (χ3v) is 3.74. The van der Waals surface area contributed by atoms with Crippen LogP contribution in [0.25, 0.3) is 0 Å². The van der Waals surface area contributed by atoms with E-state index in [1.54, 1.807) is 13.3 Å². The van der Waals surface area contributed by atoms with Gasteiger partial charge in [0.2, 0.25) is 0 Å². The summed E-state index contributed by atoms with van der Waals surface area (Å²) in [4.78, 5) is 4.32. The van der Waals surface area contributed by atoms with Crippen LogP contribution < -0.4 is 10.1 Å². The van der Waals surface area contributed by atoms with E-state index in [-0.39, 0.29) is 0 Å². The van der Waals surface area contributed by atoms with E-state index in [1.165, 1.54) is 0 Å². The fourth-order valence-electron chi connectivity index (χ4n) is 2.73. The van der Waals surface area contributed by atoms with Crippen molar-refractivity contribution in [2.75, 3.05) is 13.7 Å². The van der Waals surface area contributed by atoms with Crippen molar-refractivity contribution in [1.29, 1.82) is 0 Å². The first-order valence-corrected chi connectivity index (χ1v) is 6.65. The van der Waals surface area contributed by atoms with Gasteiger partial charge in [-0.25, -0.2) is 0 Å². The van der Waals surface area contributed by atoms with E-state index >= 15 is 0 Å². The maximum atomic E-state index is 10.8. The Balaban J connectivity index is 2.13. The van der Waals surface area contributed by atoms with Crippen molar-refractivity contribution in [2.45, 2.75) is 44.2 Å². The van der Waals surface area contributed by atoms with Gasteiger partial charge in [-0.1, -0.05) is 6.92 Å². The first kappa shape index (κ1) is 13.3. The Bertz CT molecular complexity index is 387. The highest BCUT2D eigenvalue weighted by Crippen LogP contribution is 2.39. The zero-order chi connectivity index (χ0) is 13.0. The molecule has 0 radical (unpaired) electrons. The fourth-order valence-corrected chi connectivity index (χ4v) is 2.73. The van der Waals surface area contributed by atoms with Crippen molar-refractivity contribution in [3.63, 3.8) is 0 Å². The number of nitrogens with one attached hydrogen (secondary N) is 1. The number of rotatable bonds is 4. The molecule has 1 aliphatic rings. The molecule has 0 aromatic carbocycles. The Hall–Kier alpha value is -1.13. The third-order valence-electron chi connectivity index (χ3n) is 3.74. The van der Waals surface area contributed by atoms with Crippen LogP contribution in [0, 0.1) is 0 Å². The van der Waals surface area contributed by atoms with Gasteiger partial charge in [-0.3, -0.25) is 4.98 Å². The molecular formula is C14H22N2O2. The molecule has 1 aromatic rings. The highest BCUT2D eigenvalue weighted by atomic mass is 16.5. The van der Waals surface area contributed by atoms with E-state index in [0.717, 1.165) is 32.2 Å². The van der Waals surface area contributed by atoms with Crippen molar-refractivity contribution in [3.8, 4) is 5.75 Å². The normalized spacial score (nSPS) is 28.1. The largest absolute Gasteiger partial charge is 0.495 e. The zero-order valence-electron chi connectivity index (χ0n) is 11.1. The molecule has 0 amide bonds. The molecule has 4 heteroatoms. The average Bonchev–Trinajstić information content (AvgIpc) is 2.42. The number of aromatic nitrogens is 1. The molecule has 1 aromatic heterocycles. The van der Waals surface area contributed by atoms with Crippen molar-refractivity contribution in [3.05, 3.63) is 24.0 Å². The van der Waals surface area contributed by atoms with Gasteiger partial charge in [-0.15, -0.1) is 0 Å². The molecule has 0 atom stereocenters. The van der Waals surface area contributed by atoms with Crippen LogP contribution in [0.2, 0.25) is 0 Å². The van der Waals surface area contributed by atoms with Crippen LogP contribution in [-0.2, 0) is 5.60 Å². The summed E-state index contributed by atoms with van der Waals surface area (Å²) >= 11 is 0. The zero-order valence-corrected chi connectivity index (χ0v) is 11.1. The smallest absolute Gasteiger partial charge is 0.143 e. The first-order chi connectivity index (χ1) is 8.69. The van der Waals surface area contributed by atoms with E-state index < -0.39 is 5.60 Å². The number of ether oxygens (including phenoxy) is 1. The van der Waals surface area contributed by atoms with Gasteiger partial charge in [0, 0.05) is 12.2 Å². The molecule has 1 saturated carbocycles. The molecule has 0 spiro atoms. The summed E-state index contributed by atoms with van der Waals surface area (Å²) in [5, 5.41) is 14.2. The van der Waals surface area contributed by atoms with Crippen molar-refractivity contribution >= 4 is 0 Å². The highest BCUT2D eigenvalue weighted by Gasteiger charge is 2.37. The van der Waals surface area contributed by atoms with E-state index in [9.17, 15) is 5.11 Å². The molecule has 18 heavy (non-hydrogen) atoms. The number of nitrogens with zero attached hydrogens (tertiary/aromatic N) is 1. The first-order valence-electron chi connectivity index (χ1n) is 6.65. The van der Waals surface area contributed by atoms with Gasteiger partial charge in [-0.2, -0.15) is 0 Å². The van der Waals surface area contributed by atoms with Gasteiger partial charge in [0.05, 0.1) is 7.11 Å². The van der Waals surface area contributed by atoms with Gasteiger partial charge >= 0.3 is 0 Å². The second-order valence-corrected chi connectivity index (χ2v) is 4.92. The van der Waals surface area contributed by atoms with Crippen LogP contribution in [0.3, 0.4) is 0 Å². The van der Waals surface area contributed by atoms with E-state index in [2.05, 4.69) is 17.2 Å². The quantitative estimate of drug-likeness (QED) is 0.856. The highest BCUT2D eigenvalue weighted by molar-refractivity contribution is 5.32. The van der Waals surface area contributed by atoms with Crippen LogP contribution >= 0.6 is 0 Å². The fraction of sp³-hybridized carbons (Fsp3) is 0.643. The summed E-state index contributed by atoms with van der Waals surface area (Å²) < 4.78 is 5.30. The van der Waals surface area contributed by atoms with Crippen LogP contribution in [0.15, 0.2) is 18.3 Å². The molecule has 1 aliphatic carbocycles. The average molecular weight is 250 g/mol. The molecule has 2 rings (SSSR count). The van der Waals surface area contributed by atoms with Gasteiger partial charge in [-0.05, 0) is 44.4 Å². The lowest BCUT2D eigenvalue weighted by Crippen LogP contribution is -2.40. The molecule has 100 valence electrons. The Morgan fingerprint density at radius 2 is 2.22 bits per heavy atom. The molecule has 4 nitrogen and oxygen atoms in total. The van der Waals surface area contributed by atoms with Crippen molar-refractivity contribution in [1.82, 2.24) is 10.3 Å². The van der Waals surface area contributed by atoms with Gasteiger partial charge in [0.15, 0.2) is 0 Å². The molecule has 1 heterocycles. The Morgan fingerprint density at radius 1 is 1.50 bits per heavy atom. The standard InChI is InChI=1S/C14H22N2O2/c1-3-15-11-6-8-14(17,9-7-11)13-12(18-2)5-4-10-16-13/h4-5,10-11,15,17H,3,6-9H2,1-2H3. The van der Waals surface area contributed by atoms with Crippen molar-refractivity contribution < 1.29 is 9.84 Å². The summed E-state index contributed by atoms with van der Waals surface area (Å²) in [5.41, 5.74) is -0.152. The second kappa shape index (κ2) is 5.67. The van der Waals surface area contributed by atoms with E-state index in [1.807, 2.05) is 12.1 Å². The maximum Gasteiger partial charge on any atom is 0.143 e. The lowest BCUT2D eigenvalue weighted by Gasteiger charge is -2.36. The predicted molar refractivity (Wildman–Crippen MR) is 70.6 cm³/mol. The summed E-state index contributed by atoms with van der Waals surface area (Å²) in [7, 11) is 1.62. The summed E-state index contributed by atoms with van der Waals surface area (Å²) in [5.74, 6) is 0.682. The molecular weight excluding hydrogens is 228 g/mol. The summed E-state index contributed by atoms with van der Waals surface area (Å²) in [6.07, 6.45) is 5.14. The molecule has 0 bridgehead atoms. The van der Waals surface area contributed by atoms with Crippen LogP contribution in [0.1, 0.15) is 38.3 Å². The molecule has 0 saturated heterocycles. The van der Waals surface area contributed by atoms with Crippen LogP contribution in [-0.4, -0.2) is 29.8 Å². The maximum absolute atomic E-state index is 10.8. The Labute approximate surface area is 108 Å². The molecule has 2 N–H and O–H groups in total. The van der Waals surface area contributed by atoms with Crippen LogP contribution in [0.5, 0.6) is 5.75 Å². The van der Waals surface area contributed by atoms with Gasteiger partial charge in [0.25, 0.3) is 0 Å². The lowest BCUT2D eigenvalue weighted by atomic mass is 9.79. The van der Waals surface area contributed by atoms with Crippen LogP contribution in [0.4, 0.5) is 0 Å². The van der Waals surface area contributed by atoms with Crippen molar-refractivity contribution in [2.24, 2.45) is 0 Å². The minimum Gasteiger partial charge on any atom is -0.495 e. The van der Waals surface area contributed by atoms with Gasteiger partial charge < -0.3 is 15.2 Å². The topological polar surface area (TPSA) is 54.4 Å². The second-order valence-electron chi connectivity index (χ2n) is 4.92. The minimum atomic E-state index is -0.835. The summed E-state index contributed by atoms with van der Waals surface area (Å²) in [6.45, 7) is 3.10. The minimum absolute atomic E-state index is 0.519. The number of hydrogen-bond acceptors (Lipinski definition) is 4. The SMILES string of the molecule is CCNC1CCC(O)(c2ncccc2OC)CC1. The van der Waals surface area contributed by atoms with Gasteiger partial charge in [0.1, 0.15) is 17.0 Å². The predicted octanol–water partition coefficient (Wildman–Crippen LogP) is 1.83.